The van der Waals surface area contributed by atoms with Crippen molar-refractivity contribution in [3.63, 3.8) is 0 Å². The molecule has 4 atom stereocenters. The molecule has 0 heterocycles. The van der Waals surface area contributed by atoms with Crippen LogP contribution >= 0.6 is 23.5 Å². The number of nitrogens with two attached hydrogens (primary N) is 1. The fourth-order valence-electron chi connectivity index (χ4n) is 2.93. The first kappa shape index (κ1) is 32.0. The van der Waals surface area contributed by atoms with E-state index >= 15 is 0 Å². The van der Waals surface area contributed by atoms with Crippen molar-refractivity contribution >= 4 is 53.2 Å². The normalized spacial score (nSPS) is 14.5. The lowest BCUT2D eigenvalue weighted by molar-refractivity contribution is -0.142. The molecule has 0 aliphatic heterocycles. The lowest BCUT2D eigenvalue weighted by Gasteiger charge is -2.26. The number of aliphatic carboxylic acids is 2. The maximum absolute atomic E-state index is 13.0. The van der Waals surface area contributed by atoms with Crippen molar-refractivity contribution in [1.29, 1.82) is 0 Å². The summed E-state index contributed by atoms with van der Waals surface area (Å²) in [4.78, 5) is 60.7. The van der Waals surface area contributed by atoms with Crippen LogP contribution in [0.2, 0.25) is 0 Å². The first-order chi connectivity index (χ1) is 15.9. The summed E-state index contributed by atoms with van der Waals surface area (Å²) in [6.45, 7) is 3.67. The molecule has 0 aromatic heterocycles. The Kier molecular flexibility index (Phi) is 16.4. The van der Waals surface area contributed by atoms with Gasteiger partial charge < -0.3 is 31.9 Å². The van der Waals surface area contributed by atoms with Gasteiger partial charge in [-0.25, -0.2) is 4.79 Å². The fourth-order valence-corrected chi connectivity index (χ4v) is 3.89. The van der Waals surface area contributed by atoms with Crippen LogP contribution in [0.1, 0.15) is 46.0 Å². The van der Waals surface area contributed by atoms with Crippen molar-refractivity contribution in [3.8, 4) is 0 Å². The summed E-state index contributed by atoms with van der Waals surface area (Å²) in [5.41, 5.74) is 5.85. The second-order valence-corrected chi connectivity index (χ2v) is 10.2. The number of amides is 3. The number of carbonyl (C=O) groups is 5. The van der Waals surface area contributed by atoms with E-state index in [1.807, 2.05) is 26.4 Å². The van der Waals surface area contributed by atoms with E-state index in [0.29, 0.717) is 17.9 Å². The Bertz CT molecular complexity index is 694. The number of carboxylic acid groups (broad SMARTS) is 2. The van der Waals surface area contributed by atoms with Gasteiger partial charge in [0.2, 0.25) is 17.7 Å². The third kappa shape index (κ3) is 13.7. The Morgan fingerprint density at radius 3 is 1.76 bits per heavy atom. The zero-order chi connectivity index (χ0) is 26.3. The molecule has 196 valence electrons. The molecule has 13 heteroatoms. The van der Waals surface area contributed by atoms with Crippen LogP contribution in [0.15, 0.2) is 0 Å². The third-order valence-corrected chi connectivity index (χ3v) is 6.10. The Hall–Kier alpha value is -1.99. The topological polar surface area (TPSA) is 188 Å². The van der Waals surface area contributed by atoms with Gasteiger partial charge >= 0.3 is 11.9 Å². The van der Waals surface area contributed by atoms with E-state index < -0.39 is 53.8 Å². The van der Waals surface area contributed by atoms with Crippen molar-refractivity contribution < 1.29 is 34.2 Å². The van der Waals surface area contributed by atoms with E-state index in [9.17, 15) is 29.1 Å². The summed E-state index contributed by atoms with van der Waals surface area (Å²) in [7, 11) is 0. The fraction of sp³-hybridized carbons (Fsp3) is 0.762. The molecule has 0 aromatic carbocycles. The average molecular weight is 523 g/mol. The minimum atomic E-state index is -1.21. The second-order valence-electron chi connectivity index (χ2n) is 8.25. The smallest absolute Gasteiger partial charge is 0.326 e. The van der Waals surface area contributed by atoms with Gasteiger partial charge in [-0.2, -0.15) is 23.5 Å². The van der Waals surface area contributed by atoms with Crippen LogP contribution < -0.4 is 21.7 Å². The van der Waals surface area contributed by atoms with E-state index in [1.54, 1.807) is 0 Å². The monoisotopic (exact) mass is 522 g/mol. The van der Waals surface area contributed by atoms with Crippen molar-refractivity contribution in [2.24, 2.45) is 11.7 Å². The standard InChI is InChI=1S/C21H38N4O7S2/c1-12(2)11-16(20(30)24-15(21(31)32)8-10-34-4)25-19(29)14(5-6-17(26)27)23-18(28)13(22)7-9-33-3/h12-16H,5-11,22H2,1-4H3,(H,23,28)(H,24,30)(H,25,29)(H,26,27)(H,31,32). The molecule has 0 spiro atoms. The quantitative estimate of drug-likeness (QED) is 0.146. The summed E-state index contributed by atoms with van der Waals surface area (Å²) in [6, 6.07) is -4.24. The summed E-state index contributed by atoms with van der Waals surface area (Å²) >= 11 is 2.96. The van der Waals surface area contributed by atoms with Crippen LogP contribution in [-0.4, -0.2) is 88.1 Å². The highest BCUT2D eigenvalue weighted by molar-refractivity contribution is 7.98. The van der Waals surface area contributed by atoms with Gasteiger partial charge in [-0.3, -0.25) is 19.2 Å². The number of thioether (sulfide) groups is 2. The zero-order valence-electron chi connectivity index (χ0n) is 20.2. The van der Waals surface area contributed by atoms with Crippen molar-refractivity contribution in [1.82, 2.24) is 16.0 Å². The Morgan fingerprint density at radius 2 is 1.26 bits per heavy atom. The molecule has 0 saturated heterocycles. The minimum Gasteiger partial charge on any atom is -0.481 e. The van der Waals surface area contributed by atoms with Gasteiger partial charge in [0, 0.05) is 6.42 Å². The summed E-state index contributed by atoms with van der Waals surface area (Å²) < 4.78 is 0. The highest BCUT2D eigenvalue weighted by Crippen LogP contribution is 2.09. The lowest BCUT2D eigenvalue weighted by Crippen LogP contribution is -2.57. The molecule has 11 nitrogen and oxygen atoms in total. The van der Waals surface area contributed by atoms with Crippen LogP contribution in [0, 0.1) is 5.92 Å². The molecule has 0 aliphatic carbocycles. The van der Waals surface area contributed by atoms with Crippen molar-refractivity contribution in [2.45, 2.75) is 70.1 Å². The molecular formula is C21H38N4O7S2. The molecular weight excluding hydrogens is 484 g/mol. The van der Waals surface area contributed by atoms with E-state index in [2.05, 4.69) is 16.0 Å². The van der Waals surface area contributed by atoms with Crippen LogP contribution in [0.5, 0.6) is 0 Å². The minimum absolute atomic E-state index is 0.0162. The zero-order valence-corrected chi connectivity index (χ0v) is 21.8. The van der Waals surface area contributed by atoms with Crippen LogP contribution in [0.25, 0.3) is 0 Å². The third-order valence-electron chi connectivity index (χ3n) is 4.81. The van der Waals surface area contributed by atoms with Crippen molar-refractivity contribution in [2.75, 3.05) is 24.0 Å². The molecule has 0 radical (unpaired) electrons. The number of carboxylic acids is 2. The van der Waals surface area contributed by atoms with Crippen LogP contribution in [-0.2, 0) is 24.0 Å². The number of carbonyl (C=O) groups excluding carboxylic acids is 3. The van der Waals surface area contributed by atoms with Crippen LogP contribution in [0.4, 0.5) is 0 Å². The molecule has 34 heavy (non-hydrogen) atoms. The Balaban J connectivity index is 5.48. The average Bonchev–Trinajstić information content (AvgIpc) is 2.75. The summed E-state index contributed by atoms with van der Waals surface area (Å²) in [5.74, 6) is -3.16. The predicted molar refractivity (Wildman–Crippen MR) is 134 cm³/mol. The Morgan fingerprint density at radius 1 is 0.765 bits per heavy atom. The molecule has 0 bridgehead atoms. The van der Waals surface area contributed by atoms with E-state index in [0.717, 1.165) is 0 Å². The number of hydrogen-bond acceptors (Lipinski definition) is 8. The van der Waals surface area contributed by atoms with E-state index in [4.69, 9.17) is 10.8 Å². The maximum atomic E-state index is 13.0. The molecule has 0 saturated carbocycles. The van der Waals surface area contributed by atoms with E-state index in [1.165, 1.54) is 23.5 Å². The largest absolute Gasteiger partial charge is 0.481 e. The first-order valence-corrected chi connectivity index (χ1v) is 13.8. The van der Waals surface area contributed by atoms with Gasteiger partial charge in [-0.05, 0) is 55.6 Å². The lowest BCUT2D eigenvalue weighted by atomic mass is 10.0. The molecule has 0 fully saturated rings. The molecule has 3 amide bonds. The predicted octanol–water partition coefficient (Wildman–Crippen LogP) is 0.270. The molecule has 7 N–H and O–H groups in total. The van der Waals surface area contributed by atoms with E-state index in [-0.39, 0.29) is 31.6 Å². The molecule has 4 unspecified atom stereocenters. The summed E-state index contributed by atoms with van der Waals surface area (Å²) in [5, 5.41) is 25.9. The second kappa shape index (κ2) is 17.4. The number of nitrogens with one attached hydrogen (secondary N) is 3. The Labute approximate surface area is 209 Å². The van der Waals surface area contributed by atoms with Gasteiger partial charge in [-0.1, -0.05) is 13.8 Å². The molecule has 0 aliphatic rings. The number of rotatable bonds is 18. The first-order valence-electron chi connectivity index (χ1n) is 11.0. The van der Waals surface area contributed by atoms with Gasteiger partial charge in [-0.15, -0.1) is 0 Å². The SMILES string of the molecule is CSCCC(N)C(=O)NC(CCC(=O)O)C(=O)NC(CC(C)C)C(=O)NC(CCSC)C(=O)O. The molecule has 0 aromatic rings. The summed E-state index contributed by atoms with van der Waals surface area (Å²) in [6.07, 6.45) is 3.93. The van der Waals surface area contributed by atoms with Crippen LogP contribution in [0.3, 0.4) is 0 Å². The number of hydrogen-bond donors (Lipinski definition) is 6. The van der Waals surface area contributed by atoms with Crippen molar-refractivity contribution in [3.05, 3.63) is 0 Å². The maximum Gasteiger partial charge on any atom is 0.326 e. The van der Waals surface area contributed by atoms with Gasteiger partial charge in [0.1, 0.15) is 18.1 Å². The van der Waals surface area contributed by atoms with Gasteiger partial charge in [0.15, 0.2) is 0 Å². The highest BCUT2D eigenvalue weighted by atomic mass is 32.2. The van der Waals surface area contributed by atoms with Gasteiger partial charge in [0.05, 0.1) is 6.04 Å². The highest BCUT2D eigenvalue weighted by Gasteiger charge is 2.30. The van der Waals surface area contributed by atoms with Gasteiger partial charge in [0.25, 0.3) is 0 Å². The molecule has 0 rings (SSSR count).